The lowest BCUT2D eigenvalue weighted by Gasteiger charge is -2.13. The van der Waals surface area contributed by atoms with Gasteiger partial charge in [-0.25, -0.2) is 4.39 Å². The second kappa shape index (κ2) is 5.80. The van der Waals surface area contributed by atoms with Crippen LogP contribution in [0.5, 0.6) is 0 Å². The van der Waals surface area contributed by atoms with Crippen LogP contribution in [0.4, 0.5) is 4.39 Å². The maximum absolute atomic E-state index is 12.8. The minimum atomic E-state index is -0.751. The van der Waals surface area contributed by atoms with Crippen LogP contribution in [0, 0.1) is 5.82 Å². The molecule has 4 heteroatoms. The fourth-order valence-corrected chi connectivity index (χ4v) is 1.26. The molecule has 0 radical (unpaired) electrons. The summed E-state index contributed by atoms with van der Waals surface area (Å²) in [7, 11) is 0. The summed E-state index contributed by atoms with van der Waals surface area (Å²) in [5, 5.41) is 21.5. The van der Waals surface area contributed by atoms with Gasteiger partial charge in [0.25, 0.3) is 0 Å². The average molecular weight is 213 g/mol. The maximum Gasteiger partial charge on any atom is 0.123 e. The summed E-state index contributed by atoms with van der Waals surface area (Å²) < 4.78 is 12.8. The summed E-state index contributed by atoms with van der Waals surface area (Å²) in [6, 6.07) is 5.86. The Morgan fingerprint density at radius 1 is 1.33 bits per heavy atom. The maximum atomic E-state index is 12.8. The molecule has 0 aromatic heterocycles. The summed E-state index contributed by atoms with van der Waals surface area (Å²) in [5.41, 5.74) is 0.535. The molecule has 0 aliphatic carbocycles. The lowest BCUT2D eigenvalue weighted by Crippen LogP contribution is -2.28. The van der Waals surface area contributed by atoms with E-state index in [-0.39, 0.29) is 5.82 Å². The first-order chi connectivity index (χ1) is 7.09. The molecule has 0 spiro atoms. The van der Waals surface area contributed by atoms with Gasteiger partial charge in [0.15, 0.2) is 0 Å². The smallest absolute Gasteiger partial charge is 0.123 e. The summed E-state index contributed by atoms with van der Waals surface area (Å²) >= 11 is 0. The van der Waals surface area contributed by atoms with Crippen molar-refractivity contribution in [2.45, 2.75) is 19.1 Å². The van der Waals surface area contributed by atoms with Crippen molar-refractivity contribution >= 4 is 0 Å². The van der Waals surface area contributed by atoms with Crippen LogP contribution in [0.3, 0.4) is 0 Å². The Labute approximate surface area is 88.6 Å². The summed E-state index contributed by atoms with van der Waals surface area (Å²) in [5.74, 6) is -0.359. The van der Waals surface area contributed by atoms with Crippen LogP contribution in [-0.4, -0.2) is 29.4 Å². The number of hydrogen-bond acceptors (Lipinski definition) is 3. The Morgan fingerprint density at radius 2 is 2.07 bits per heavy atom. The number of hydrogen-bond donors (Lipinski definition) is 3. The van der Waals surface area contributed by atoms with Crippen LogP contribution in [0.1, 0.15) is 18.6 Å². The van der Waals surface area contributed by atoms with Gasteiger partial charge in [-0.1, -0.05) is 12.1 Å². The highest BCUT2D eigenvalue weighted by atomic mass is 19.1. The minimum absolute atomic E-state index is 0.300. The van der Waals surface area contributed by atoms with Gasteiger partial charge in [-0.05, 0) is 24.6 Å². The second-order valence-corrected chi connectivity index (χ2v) is 3.58. The van der Waals surface area contributed by atoms with Crippen molar-refractivity contribution in [3.8, 4) is 0 Å². The van der Waals surface area contributed by atoms with E-state index in [1.54, 1.807) is 19.1 Å². The van der Waals surface area contributed by atoms with E-state index in [0.29, 0.717) is 18.7 Å². The van der Waals surface area contributed by atoms with Crippen molar-refractivity contribution < 1.29 is 14.6 Å². The van der Waals surface area contributed by atoms with Crippen LogP contribution >= 0.6 is 0 Å². The van der Waals surface area contributed by atoms with Crippen molar-refractivity contribution in [1.29, 1.82) is 0 Å². The van der Waals surface area contributed by atoms with Gasteiger partial charge in [0, 0.05) is 13.1 Å². The molecule has 1 aromatic rings. The third kappa shape index (κ3) is 4.38. The molecular weight excluding hydrogens is 197 g/mol. The quantitative estimate of drug-likeness (QED) is 0.679. The van der Waals surface area contributed by atoms with Crippen molar-refractivity contribution in [2.75, 3.05) is 13.1 Å². The molecule has 3 nitrogen and oxygen atoms in total. The molecule has 1 unspecified atom stereocenters. The fraction of sp³-hybridized carbons (Fsp3) is 0.455. The fourth-order valence-electron chi connectivity index (χ4n) is 1.26. The molecule has 0 bridgehead atoms. The highest BCUT2D eigenvalue weighted by Crippen LogP contribution is 2.12. The van der Waals surface area contributed by atoms with E-state index < -0.39 is 12.2 Å². The van der Waals surface area contributed by atoms with E-state index in [0.717, 1.165) is 0 Å². The number of nitrogens with one attached hydrogen (secondary N) is 1. The van der Waals surface area contributed by atoms with E-state index in [2.05, 4.69) is 5.32 Å². The molecule has 84 valence electrons. The summed E-state index contributed by atoms with van der Waals surface area (Å²) in [6.45, 7) is 2.36. The lowest BCUT2D eigenvalue weighted by atomic mass is 10.1. The lowest BCUT2D eigenvalue weighted by molar-refractivity contribution is 0.154. The van der Waals surface area contributed by atoms with Crippen molar-refractivity contribution in [2.24, 2.45) is 0 Å². The van der Waals surface area contributed by atoms with Gasteiger partial charge in [-0.3, -0.25) is 0 Å². The Kier molecular flexibility index (Phi) is 4.68. The summed E-state index contributed by atoms with van der Waals surface area (Å²) in [4.78, 5) is 0. The zero-order chi connectivity index (χ0) is 11.3. The zero-order valence-electron chi connectivity index (χ0n) is 8.65. The zero-order valence-corrected chi connectivity index (χ0v) is 8.65. The topological polar surface area (TPSA) is 52.5 Å². The first kappa shape index (κ1) is 12.1. The molecule has 0 heterocycles. The normalized spacial score (nSPS) is 14.9. The van der Waals surface area contributed by atoms with E-state index in [1.165, 1.54) is 12.1 Å². The van der Waals surface area contributed by atoms with Crippen molar-refractivity contribution in [3.05, 3.63) is 35.6 Å². The number of aliphatic hydroxyl groups excluding tert-OH is 2. The largest absolute Gasteiger partial charge is 0.392 e. The highest BCUT2D eigenvalue weighted by Gasteiger charge is 2.07. The predicted molar refractivity (Wildman–Crippen MR) is 55.9 cm³/mol. The van der Waals surface area contributed by atoms with Crippen molar-refractivity contribution in [1.82, 2.24) is 5.32 Å². The molecule has 0 saturated carbocycles. The van der Waals surface area contributed by atoms with Crippen LogP contribution in [0.15, 0.2) is 24.3 Å². The minimum Gasteiger partial charge on any atom is -0.392 e. The van der Waals surface area contributed by atoms with Crippen LogP contribution in [-0.2, 0) is 0 Å². The predicted octanol–water partition coefficient (Wildman–Crippen LogP) is 0.830. The Balaban J connectivity index is 2.43. The van der Waals surface area contributed by atoms with Gasteiger partial charge in [0.05, 0.1) is 12.2 Å². The van der Waals surface area contributed by atoms with Gasteiger partial charge in [-0.15, -0.1) is 0 Å². The van der Waals surface area contributed by atoms with Crippen LogP contribution in [0.2, 0.25) is 0 Å². The first-order valence-electron chi connectivity index (χ1n) is 4.92. The monoisotopic (exact) mass is 213 g/mol. The summed E-state index contributed by atoms with van der Waals surface area (Å²) in [6.07, 6.45) is -1.20. The number of rotatable bonds is 5. The molecule has 2 atom stereocenters. The molecule has 0 aliphatic heterocycles. The Hall–Kier alpha value is -0.970. The van der Waals surface area contributed by atoms with E-state index in [1.807, 2.05) is 0 Å². The second-order valence-electron chi connectivity index (χ2n) is 3.58. The molecule has 1 rings (SSSR count). The van der Waals surface area contributed by atoms with Gasteiger partial charge in [0.1, 0.15) is 5.82 Å². The first-order valence-corrected chi connectivity index (χ1v) is 4.92. The molecule has 15 heavy (non-hydrogen) atoms. The number of aliphatic hydroxyl groups is 2. The van der Waals surface area contributed by atoms with Crippen LogP contribution in [0.25, 0.3) is 0 Å². The molecule has 0 fully saturated rings. The van der Waals surface area contributed by atoms with E-state index in [9.17, 15) is 9.50 Å². The third-order valence-electron chi connectivity index (χ3n) is 2.01. The molecular formula is C11H16FNO2. The average Bonchev–Trinajstić information content (AvgIpc) is 2.17. The number of benzene rings is 1. The van der Waals surface area contributed by atoms with E-state index in [4.69, 9.17) is 5.11 Å². The van der Waals surface area contributed by atoms with Crippen molar-refractivity contribution in [3.63, 3.8) is 0 Å². The number of halogens is 1. The Morgan fingerprint density at radius 3 is 2.67 bits per heavy atom. The highest BCUT2D eigenvalue weighted by molar-refractivity contribution is 5.18. The van der Waals surface area contributed by atoms with Crippen LogP contribution < -0.4 is 5.32 Å². The Bertz CT molecular complexity index is 304. The van der Waals surface area contributed by atoms with E-state index >= 15 is 0 Å². The molecule has 3 N–H and O–H groups in total. The molecule has 0 saturated heterocycles. The van der Waals surface area contributed by atoms with Gasteiger partial charge < -0.3 is 15.5 Å². The van der Waals surface area contributed by atoms with Gasteiger partial charge in [0.2, 0.25) is 0 Å². The van der Waals surface area contributed by atoms with Gasteiger partial charge >= 0.3 is 0 Å². The standard InChI is InChI=1S/C11H16FNO2/c1-8(14)6-13-7-11(15)9-3-2-4-10(12)5-9/h2-5,8,11,13-15H,6-7H2,1H3/t8-,11?/m0/s1. The molecule has 0 amide bonds. The third-order valence-corrected chi connectivity index (χ3v) is 2.01. The van der Waals surface area contributed by atoms with Gasteiger partial charge in [-0.2, -0.15) is 0 Å². The molecule has 1 aromatic carbocycles. The molecule has 0 aliphatic rings. The SMILES string of the molecule is C[C@H](O)CNCC(O)c1cccc(F)c1.